The van der Waals surface area contributed by atoms with Crippen molar-refractivity contribution in [2.45, 2.75) is 58.4 Å². The fraction of sp³-hybridized carbons (Fsp3) is 0.345. The number of nitro benzene ring substituents is 1. The first-order chi connectivity index (χ1) is 20.6. The molecule has 44 heavy (non-hydrogen) atoms. The molecular formula is C29H30F3N3O8S. The van der Waals surface area contributed by atoms with E-state index in [0.717, 1.165) is 17.0 Å². The number of amides is 1. The molecule has 0 unspecified atom stereocenters. The number of nitrogens with zero attached hydrogens (tertiary/aromatic N) is 3. The van der Waals surface area contributed by atoms with E-state index in [2.05, 4.69) is 4.98 Å². The lowest BCUT2D eigenvalue weighted by Crippen LogP contribution is -2.38. The smallest absolute Gasteiger partial charge is 0.416 e. The second-order valence-corrected chi connectivity index (χ2v) is 11.3. The number of hydrogen-bond acceptors (Lipinski definition) is 9. The van der Waals surface area contributed by atoms with Crippen LogP contribution in [0.3, 0.4) is 0 Å². The first kappa shape index (κ1) is 34.0. The van der Waals surface area contributed by atoms with Crippen molar-refractivity contribution < 1.29 is 45.2 Å². The molecule has 3 aromatic rings. The molecule has 0 spiro atoms. The molecule has 236 valence electrons. The van der Waals surface area contributed by atoms with Crippen molar-refractivity contribution in [1.29, 1.82) is 0 Å². The van der Waals surface area contributed by atoms with Gasteiger partial charge in [-0.2, -0.15) is 21.6 Å². The number of alkyl halides is 3. The zero-order chi connectivity index (χ0) is 32.5. The topological polar surface area (TPSA) is 142 Å². The van der Waals surface area contributed by atoms with Gasteiger partial charge in [-0.25, -0.2) is 9.78 Å². The maximum Gasteiger partial charge on any atom is 0.416 e. The number of aromatic nitrogens is 1. The summed E-state index contributed by atoms with van der Waals surface area (Å²) >= 11 is 0. The molecule has 0 aliphatic heterocycles. The Kier molecular flexibility index (Phi) is 11.4. The first-order valence-corrected chi connectivity index (χ1v) is 14.3. The molecule has 0 aliphatic carbocycles. The van der Waals surface area contributed by atoms with Crippen molar-refractivity contribution in [3.8, 4) is 0 Å². The number of hydrogen-bond donors (Lipinski definition) is 0. The molecule has 0 radical (unpaired) electrons. The molecule has 0 fully saturated rings. The predicted octanol–water partition coefficient (Wildman–Crippen LogP) is 6.91. The van der Waals surface area contributed by atoms with Crippen molar-refractivity contribution in [2.24, 2.45) is 0 Å². The number of benzene rings is 2. The van der Waals surface area contributed by atoms with Crippen LogP contribution in [0.2, 0.25) is 0 Å². The van der Waals surface area contributed by atoms with Gasteiger partial charge in [0.2, 0.25) is 16.2 Å². The zero-order valence-corrected chi connectivity index (χ0v) is 24.9. The lowest BCUT2D eigenvalue weighted by Gasteiger charge is -2.27. The molecule has 15 heteroatoms. The molecule has 0 saturated heterocycles. The average Bonchev–Trinajstić information content (AvgIpc) is 3.39. The van der Waals surface area contributed by atoms with E-state index >= 15 is 0 Å². The van der Waals surface area contributed by atoms with Gasteiger partial charge in [0, 0.05) is 25.1 Å². The highest BCUT2D eigenvalue weighted by Crippen LogP contribution is 2.30. The maximum absolute atomic E-state index is 12.9. The fourth-order valence-corrected chi connectivity index (χ4v) is 4.25. The summed E-state index contributed by atoms with van der Waals surface area (Å²) in [5, 5.41) is 11.3. The summed E-state index contributed by atoms with van der Waals surface area (Å²) in [4.78, 5) is 29.1. The maximum atomic E-state index is 12.9. The zero-order valence-electron chi connectivity index (χ0n) is 24.0. The quantitative estimate of drug-likeness (QED) is 0.0948. The summed E-state index contributed by atoms with van der Waals surface area (Å²) in [5.41, 5.74) is -1.10. The van der Waals surface area contributed by atoms with Gasteiger partial charge in [-0.3, -0.25) is 15.0 Å². The molecule has 0 bridgehead atoms. The monoisotopic (exact) mass is 637 g/mol. The number of rotatable bonds is 11. The third-order valence-corrected chi connectivity index (χ3v) is 6.48. The summed E-state index contributed by atoms with van der Waals surface area (Å²) in [6.45, 7) is 4.77. The van der Waals surface area contributed by atoms with E-state index in [0.29, 0.717) is 5.56 Å². The molecule has 1 heterocycles. The number of para-hydroxylation sites is 2. The summed E-state index contributed by atoms with van der Waals surface area (Å²) in [7, 11) is -2.69. The van der Waals surface area contributed by atoms with Gasteiger partial charge in [0.15, 0.2) is 5.05 Å². The van der Waals surface area contributed by atoms with Gasteiger partial charge in [0.25, 0.3) is 5.69 Å². The van der Waals surface area contributed by atoms with Crippen LogP contribution in [0.5, 0.6) is 0 Å². The second kappa shape index (κ2) is 14.8. The van der Waals surface area contributed by atoms with Crippen molar-refractivity contribution >= 4 is 45.0 Å². The van der Waals surface area contributed by atoms with Crippen LogP contribution in [-0.4, -0.2) is 41.6 Å². The Hall–Kier alpha value is -4.50. The van der Waals surface area contributed by atoms with Crippen molar-refractivity contribution in [3.05, 3.63) is 87.6 Å². The molecule has 0 atom stereocenters. The lowest BCUT2D eigenvalue weighted by molar-refractivity contribution is -0.384. The number of carbonyl (C=O) groups excluding carboxylic acids is 1. The number of carbonyl (C=O) groups is 1. The van der Waals surface area contributed by atoms with Crippen LogP contribution in [-0.2, 0) is 32.6 Å². The molecule has 1 amide bonds. The van der Waals surface area contributed by atoms with Gasteiger partial charge >= 0.3 is 12.3 Å². The Morgan fingerprint density at radius 2 is 1.75 bits per heavy atom. The molecule has 11 nitrogen and oxygen atoms in total. The number of halogens is 3. The number of anilines is 1. The van der Waals surface area contributed by atoms with E-state index in [4.69, 9.17) is 13.9 Å². The third-order valence-electron chi connectivity index (χ3n) is 5.79. The van der Waals surface area contributed by atoms with Crippen LogP contribution < -0.4 is 4.90 Å². The van der Waals surface area contributed by atoms with Gasteiger partial charge < -0.3 is 13.9 Å². The van der Waals surface area contributed by atoms with E-state index in [9.17, 15) is 36.5 Å². The third kappa shape index (κ3) is 10.3. The van der Waals surface area contributed by atoms with E-state index in [1.807, 2.05) is 0 Å². The lowest BCUT2D eigenvalue weighted by atomic mass is 10.1. The van der Waals surface area contributed by atoms with Gasteiger partial charge in [-0.15, -0.1) is 0 Å². The van der Waals surface area contributed by atoms with Crippen LogP contribution >= 0.6 is 0 Å². The van der Waals surface area contributed by atoms with Gasteiger partial charge in [0.1, 0.15) is 23.2 Å². The Morgan fingerprint density at radius 1 is 1.07 bits per heavy atom. The molecular weight excluding hydrogens is 607 g/mol. The summed E-state index contributed by atoms with van der Waals surface area (Å²) in [6, 6.07) is 10.2. The minimum Gasteiger partial charge on any atom is -0.445 e. The Balaban J connectivity index is 1.58. The summed E-state index contributed by atoms with van der Waals surface area (Å²) in [6.07, 6.45) is -0.525. The van der Waals surface area contributed by atoms with Crippen LogP contribution in [0.25, 0.3) is 12.2 Å². The Bertz CT molecular complexity index is 1620. The van der Waals surface area contributed by atoms with Crippen LogP contribution in [0.1, 0.15) is 62.7 Å². The molecule has 2 aromatic carbocycles. The van der Waals surface area contributed by atoms with Crippen molar-refractivity contribution in [1.82, 2.24) is 4.98 Å². The standard InChI is InChI=1S/C29H30F3N3O8S/c1-28(2,3)43-27(36)34(23-8-4-5-9-24(23)35(37)38)17-7-6-10-26(44(39)40)42-19-22-18-41-25(33-22)16-13-20-11-14-21(15-12-20)29(30,31)32/h4-5,8-9,11-16,18H,6-7,10,17,19H2,1-3H3/b16-13+. The SMILES string of the molecule is CC(C)(C)OC(=O)N(CCCCC(OCc1coc(/C=C/c2ccc(C(F)(F)F)cc2)n1)=S(=O)=O)c1ccccc1[N+](=O)[O-]. The highest BCUT2D eigenvalue weighted by Gasteiger charge is 2.30. The fourth-order valence-electron chi connectivity index (χ4n) is 3.79. The predicted molar refractivity (Wildman–Crippen MR) is 156 cm³/mol. The number of nitro groups is 1. The number of unbranched alkanes of at least 4 members (excludes halogenated alkanes) is 1. The minimum absolute atomic E-state index is 0.0104. The summed E-state index contributed by atoms with van der Waals surface area (Å²) < 4.78 is 77.8. The van der Waals surface area contributed by atoms with E-state index in [-0.39, 0.29) is 60.4 Å². The van der Waals surface area contributed by atoms with Crippen LogP contribution in [0.4, 0.5) is 29.3 Å². The second-order valence-electron chi connectivity index (χ2n) is 10.4. The Labute approximate surface area is 252 Å². The molecule has 0 N–H and O–H groups in total. The average molecular weight is 638 g/mol. The minimum atomic E-state index is -4.44. The first-order valence-electron chi connectivity index (χ1n) is 13.3. The van der Waals surface area contributed by atoms with Crippen molar-refractivity contribution in [3.63, 3.8) is 0 Å². The molecule has 0 saturated carbocycles. The molecule has 1 aromatic heterocycles. The molecule has 0 aliphatic rings. The van der Waals surface area contributed by atoms with Gasteiger partial charge in [-0.05, 0) is 63.5 Å². The number of oxazole rings is 1. The Morgan fingerprint density at radius 3 is 2.36 bits per heavy atom. The highest BCUT2D eigenvalue weighted by molar-refractivity contribution is 7.72. The van der Waals surface area contributed by atoms with Gasteiger partial charge in [-0.1, -0.05) is 24.3 Å². The van der Waals surface area contributed by atoms with E-state index in [1.54, 1.807) is 26.8 Å². The highest BCUT2D eigenvalue weighted by atomic mass is 32.2. The van der Waals surface area contributed by atoms with E-state index < -0.39 is 38.7 Å². The normalized spacial score (nSPS) is 11.9. The van der Waals surface area contributed by atoms with Crippen molar-refractivity contribution in [2.75, 3.05) is 11.4 Å². The number of ether oxygens (including phenoxy) is 2. The summed E-state index contributed by atoms with van der Waals surface area (Å²) in [5.74, 6) is 0.130. The molecule has 3 rings (SSSR count). The largest absolute Gasteiger partial charge is 0.445 e. The van der Waals surface area contributed by atoms with Crippen LogP contribution in [0, 0.1) is 10.1 Å². The van der Waals surface area contributed by atoms with Gasteiger partial charge in [0.05, 0.1) is 17.1 Å². The van der Waals surface area contributed by atoms with Crippen LogP contribution in [0.15, 0.2) is 59.2 Å². The van der Waals surface area contributed by atoms with E-state index in [1.165, 1.54) is 48.7 Å².